The van der Waals surface area contributed by atoms with E-state index >= 15 is 0 Å². The number of anilines is 2. The van der Waals surface area contributed by atoms with Gasteiger partial charge in [-0.1, -0.05) is 50.5 Å². The summed E-state index contributed by atoms with van der Waals surface area (Å²) in [6.07, 6.45) is 4.65. The van der Waals surface area contributed by atoms with Gasteiger partial charge >= 0.3 is 0 Å². The molecule has 0 aliphatic rings. The molecule has 0 aliphatic heterocycles. The topological polar surface area (TPSA) is 68.8 Å². The molecular weight excluding hydrogens is 428 g/mol. The number of hydrogen-bond donors (Lipinski definition) is 2. The monoisotopic (exact) mass is 462 g/mol. The molecule has 0 heterocycles. The Morgan fingerprint density at radius 3 is 2.09 bits per heavy atom. The first-order valence-corrected chi connectivity index (χ1v) is 11.9. The summed E-state index contributed by atoms with van der Waals surface area (Å²) in [4.78, 5) is 12.3. The Bertz CT molecular complexity index is 977. The molecule has 6 heteroatoms. The summed E-state index contributed by atoms with van der Waals surface area (Å²) in [6.45, 7) is 3.96. The van der Waals surface area contributed by atoms with Crippen molar-refractivity contribution in [3.8, 4) is 17.2 Å². The standard InChI is InChI=1S/C28H34N2O4/c1-2-3-4-8-18-32-27-13-9-10-24(21-27)30-28(31)22-29-23-14-16-26(17-15-23)34-20-19-33-25-11-6-5-7-12-25/h5-7,9-17,21,29H,2-4,8,18-20,22H2,1H3,(H,30,31). The first-order valence-electron chi connectivity index (χ1n) is 11.9. The van der Waals surface area contributed by atoms with Gasteiger partial charge in [0.25, 0.3) is 0 Å². The van der Waals surface area contributed by atoms with Crippen LogP contribution in [0.5, 0.6) is 17.2 Å². The molecule has 1 amide bonds. The Hall–Kier alpha value is -3.67. The lowest BCUT2D eigenvalue weighted by atomic mass is 10.2. The predicted octanol–water partition coefficient (Wildman–Crippen LogP) is 6.15. The zero-order valence-electron chi connectivity index (χ0n) is 19.8. The minimum Gasteiger partial charge on any atom is -0.494 e. The van der Waals surface area contributed by atoms with Gasteiger partial charge in [-0.2, -0.15) is 0 Å². The Morgan fingerprint density at radius 2 is 1.35 bits per heavy atom. The molecule has 0 bridgehead atoms. The van der Waals surface area contributed by atoms with Crippen molar-refractivity contribution in [2.24, 2.45) is 0 Å². The summed E-state index contributed by atoms with van der Waals surface area (Å²) in [5, 5.41) is 6.03. The van der Waals surface area contributed by atoms with Gasteiger partial charge in [0, 0.05) is 17.4 Å². The highest BCUT2D eigenvalue weighted by molar-refractivity contribution is 5.93. The van der Waals surface area contributed by atoms with Crippen LogP contribution >= 0.6 is 0 Å². The van der Waals surface area contributed by atoms with Crippen LogP contribution < -0.4 is 24.8 Å². The van der Waals surface area contributed by atoms with E-state index in [0.717, 1.165) is 35.0 Å². The quantitative estimate of drug-likeness (QED) is 0.265. The van der Waals surface area contributed by atoms with E-state index in [9.17, 15) is 4.79 Å². The van der Waals surface area contributed by atoms with Gasteiger partial charge in [0.05, 0.1) is 13.2 Å². The van der Waals surface area contributed by atoms with Crippen molar-refractivity contribution in [3.63, 3.8) is 0 Å². The first-order chi connectivity index (χ1) is 16.7. The molecule has 0 spiro atoms. The Morgan fingerprint density at radius 1 is 0.676 bits per heavy atom. The molecule has 2 N–H and O–H groups in total. The normalized spacial score (nSPS) is 10.4. The fraction of sp³-hybridized carbons (Fsp3) is 0.321. The van der Waals surface area contributed by atoms with Crippen molar-refractivity contribution in [2.45, 2.75) is 32.6 Å². The van der Waals surface area contributed by atoms with Crippen LogP contribution in [0.4, 0.5) is 11.4 Å². The highest BCUT2D eigenvalue weighted by Gasteiger charge is 2.04. The minimum atomic E-state index is -0.126. The summed E-state index contributed by atoms with van der Waals surface area (Å²) >= 11 is 0. The van der Waals surface area contributed by atoms with Crippen LogP contribution in [0.1, 0.15) is 32.6 Å². The fourth-order valence-electron chi connectivity index (χ4n) is 3.27. The van der Waals surface area contributed by atoms with E-state index in [1.807, 2.05) is 78.9 Å². The number of ether oxygens (including phenoxy) is 3. The first kappa shape index (κ1) is 25.0. The van der Waals surface area contributed by atoms with Gasteiger partial charge in [-0.15, -0.1) is 0 Å². The number of nitrogens with one attached hydrogen (secondary N) is 2. The van der Waals surface area contributed by atoms with E-state index in [4.69, 9.17) is 14.2 Å². The molecule has 0 saturated heterocycles. The maximum atomic E-state index is 12.3. The summed E-state index contributed by atoms with van der Waals surface area (Å²) in [7, 11) is 0. The molecule has 3 rings (SSSR count). The van der Waals surface area contributed by atoms with Crippen LogP contribution in [0.2, 0.25) is 0 Å². The average molecular weight is 463 g/mol. The minimum absolute atomic E-state index is 0.126. The van der Waals surface area contributed by atoms with Gasteiger partial charge in [-0.05, 0) is 55.0 Å². The maximum Gasteiger partial charge on any atom is 0.243 e. The van der Waals surface area contributed by atoms with E-state index in [0.29, 0.717) is 19.8 Å². The number of carbonyl (C=O) groups excluding carboxylic acids is 1. The highest BCUT2D eigenvalue weighted by Crippen LogP contribution is 2.19. The van der Waals surface area contributed by atoms with Crippen LogP contribution in [0.3, 0.4) is 0 Å². The second-order valence-corrected chi connectivity index (χ2v) is 7.87. The average Bonchev–Trinajstić information content (AvgIpc) is 2.87. The van der Waals surface area contributed by atoms with Crippen molar-refractivity contribution < 1.29 is 19.0 Å². The molecule has 0 atom stereocenters. The number of rotatable bonds is 15. The Labute approximate surface area is 202 Å². The van der Waals surface area contributed by atoms with Crippen molar-refractivity contribution in [1.29, 1.82) is 0 Å². The number of para-hydroxylation sites is 1. The summed E-state index contributed by atoms with van der Waals surface area (Å²) in [5.41, 5.74) is 1.56. The van der Waals surface area contributed by atoms with Gasteiger partial charge < -0.3 is 24.8 Å². The molecule has 0 aromatic heterocycles. The number of benzene rings is 3. The van der Waals surface area contributed by atoms with Gasteiger partial charge in [0.15, 0.2) is 0 Å². The molecule has 180 valence electrons. The van der Waals surface area contributed by atoms with Crippen LogP contribution in [0.25, 0.3) is 0 Å². The van der Waals surface area contributed by atoms with Gasteiger partial charge in [-0.25, -0.2) is 0 Å². The maximum absolute atomic E-state index is 12.3. The summed E-state index contributed by atoms with van der Waals surface area (Å²) in [5.74, 6) is 2.22. The largest absolute Gasteiger partial charge is 0.494 e. The lowest BCUT2D eigenvalue weighted by Crippen LogP contribution is -2.21. The van der Waals surface area contributed by atoms with Crippen LogP contribution in [0, 0.1) is 0 Å². The smallest absolute Gasteiger partial charge is 0.243 e. The third kappa shape index (κ3) is 9.45. The molecule has 0 unspecified atom stereocenters. The summed E-state index contributed by atoms with van der Waals surface area (Å²) in [6, 6.07) is 24.6. The third-order valence-corrected chi connectivity index (χ3v) is 5.06. The molecule has 3 aromatic rings. The van der Waals surface area contributed by atoms with Gasteiger partial charge in [0.1, 0.15) is 30.5 Å². The SMILES string of the molecule is CCCCCCOc1cccc(NC(=O)CNc2ccc(OCCOc3ccccc3)cc2)c1. The molecule has 0 fully saturated rings. The van der Waals surface area contributed by atoms with Crippen LogP contribution in [-0.2, 0) is 4.79 Å². The molecular formula is C28H34N2O4. The predicted molar refractivity (Wildman–Crippen MR) is 137 cm³/mol. The molecule has 0 radical (unpaired) electrons. The second-order valence-electron chi connectivity index (χ2n) is 7.87. The molecule has 0 saturated carbocycles. The zero-order chi connectivity index (χ0) is 23.8. The van der Waals surface area contributed by atoms with E-state index in [-0.39, 0.29) is 12.5 Å². The number of unbranched alkanes of at least 4 members (excludes halogenated alkanes) is 3. The number of hydrogen-bond acceptors (Lipinski definition) is 5. The molecule has 6 nitrogen and oxygen atoms in total. The van der Waals surface area contributed by atoms with E-state index < -0.39 is 0 Å². The zero-order valence-corrected chi connectivity index (χ0v) is 19.8. The Balaban J connectivity index is 1.34. The van der Waals surface area contributed by atoms with E-state index in [2.05, 4.69) is 17.6 Å². The lowest BCUT2D eigenvalue weighted by Gasteiger charge is -2.11. The number of carbonyl (C=O) groups is 1. The van der Waals surface area contributed by atoms with Gasteiger partial charge in [-0.3, -0.25) is 4.79 Å². The Kier molecular flexibility index (Phi) is 10.6. The molecule has 0 aliphatic carbocycles. The van der Waals surface area contributed by atoms with Crippen molar-refractivity contribution >= 4 is 17.3 Å². The van der Waals surface area contributed by atoms with Crippen molar-refractivity contribution in [2.75, 3.05) is 37.0 Å². The molecule has 3 aromatic carbocycles. The van der Waals surface area contributed by atoms with Gasteiger partial charge in [0.2, 0.25) is 5.91 Å². The van der Waals surface area contributed by atoms with E-state index in [1.54, 1.807) is 0 Å². The highest BCUT2D eigenvalue weighted by atomic mass is 16.5. The molecule has 34 heavy (non-hydrogen) atoms. The summed E-state index contributed by atoms with van der Waals surface area (Å²) < 4.78 is 17.1. The number of amides is 1. The van der Waals surface area contributed by atoms with E-state index in [1.165, 1.54) is 19.3 Å². The second kappa shape index (κ2) is 14.5. The van der Waals surface area contributed by atoms with Crippen LogP contribution in [-0.4, -0.2) is 32.3 Å². The van der Waals surface area contributed by atoms with Crippen LogP contribution in [0.15, 0.2) is 78.9 Å². The van der Waals surface area contributed by atoms with Crippen molar-refractivity contribution in [1.82, 2.24) is 0 Å². The van der Waals surface area contributed by atoms with Crippen molar-refractivity contribution in [3.05, 3.63) is 78.9 Å². The lowest BCUT2D eigenvalue weighted by molar-refractivity contribution is -0.114. The fourth-order valence-corrected chi connectivity index (χ4v) is 3.27. The third-order valence-electron chi connectivity index (χ3n) is 5.06.